The van der Waals surface area contributed by atoms with Crippen molar-refractivity contribution in [3.63, 3.8) is 0 Å². The molecule has 0 amide bonds. The highest BCUT2D eigenvalue weighted by atomic mass is 14.3. The number of fused-ring (bicyclic) bond motifs is 4. The minimum absolute atomic E-state index is 0.556. The third kappa shape index (κ3) is 1.54. The lowest BCUT2D eigenvalue weighted by Gasteiger charge is -2.12. The molecule has 0 bridgehead atoms. The molecule has 0 spiro atoms. The van der Waals surface area contributed by atoms with Crippen molar-refractivity contribution >= 4 is 5.57 Å². The molecule has 100 valence electrons. The van der Waals surface area contributed by atoms with Crippen LogP contribution in [0, 0.1) is 5.92 Å². The van der Waals surface area contributed by atoms with Gasteiger partial charge in [0.25, 0.3) is 0 Å². The van der Waals surface area contributed by atoms with E-state index in [4.69, 9.17) is 0 Å². The summed E-state index contributed by atoms with van der Waals surface area (Å²) < 4.78 is 0. The predicted molar refractivity (Wildman–Crippen MR) is 85.9 cm³/mol. The summed E-state index contributed by atoms with van der Waals surface area (Å²) in [5, 5.41) is 0. The fourth-order valence-electron chi connectivity index (χ4n) is 3.78. The Labute approximate surface area is 121 Å². The van der Waals surface area contributed by atoms with Crippen molar-refractivity contribution in [3.05, 3.63) is 64.7 Å². The molecule has 0 saturated heterocycles. The minimum Gasteiger partial charge on any atom is -0.0732 e. The molecule has 0 aromatic heterocycles. The van der Waals surface area contributed by atoms with Crippen LogP contribution >= 0.6 is 0 Å². The topological polar surface area (TPSA) is 0 Å². The fraction of sp³-hybridized carbons (Fsp3) is 0.300. The Morgan fingerprint density at radius 3 is 2.55 bits per heavy atom. The first kappa shape index (κ1) is 12.0. The Morgan fingerprint density at radius 1 is 0.950 bits per heavy atom. The SMILES string of the molecule is CC(C)C1=CC(C)c2cc3c(cc21)Cc1ccccc1-3. The average Bonchev–Trinajstić information content (AvgIpc) is 2.95. The van der Waals surface area contributed by atoms with Gasteiger partial charge in [0.1, 0.15) is 0 Å². The summed E-state index contributed by atoms with van der Waals surface area (Å²) in [5.74, 6) is 1.17. The van der Waals surface area contributed by atoms with Gasteiger partial charge in [0.2, 0.25) is 0 Å². The Morgan fingerprint density at radius 2 is 1.75 bits per heavy atom. The van der Waals surface area contributed by atoms with Crippen molar-refractivity contribution in [1.29, 1.82) is 0 Å². The van der Waals surface area contributed by atoms with E-state index in [9.17, 15) is 0 Å². The van der Waals surface area contributed by atoms with Gasteiger partial charge in [-0.05, 0) is 57.4 Å². The molecule has 0 heteroatoms. The molecule has 2 aromatic carbocycles. The van der Waals surface area contributed by atoms with E-state index in [1.165, 1.54) is 39.0 Å². The normalized spacial score (nSPS) is 18.8. The maximum Gasteiger partial charge on any atom is 0.000196 e. The van der Waals surface area contributed by atoms with Crippen molar-refractivity contribution in [2.24, 2.45) is 5.92 Å². The Kier molecular flexibility index (Phi) is 2.44. The van der Waals surface area contributed by atoms with Gasteiger partial charge in [0, 0.05) is 5.92 Å². The maximum atomic E-state index is 2.46. The van der Waals surface area contributed by atoms with E-state index in [1.807, 2.05) is 0 Å². The van der Waals surface area contributed by atoms with Crippen LogP contribution < -0.4 is 0 Å². The summed E-state index contributed by atoms with van der Waals surface area (Å²) in [6, 6.07) is 13.8. The first-order chi connectivity index (χ1) is 9.65. The molecule has 2 aliphatic carbocycles. The summed E-state index contributed by atoms with van der Waals surface area (Å²) in [7, 11) is 0. The van der Waals surface area contributed by atoms with Gasteiger partial charge in [-0.2, -0.15) is 0 Å². The number of rotatable bonds is 1. The molecule has 20 heavy (non-hydrogen) atoms. The summed E-state index contributed by atoms with van der Waals surface area (Å²) in [5.41, 5.74) is 10.4. The largest absolute Gasteiger partial charge is 0.0732 e. The Bertz CT molecular complexity index is 732. The van der Waals surface area contributed by atoms with Gasteiger partial charge in [-0.1, -0.05) is 57.2 Å². The molecule has 0 heterocycles. The Hall–Kier alpha value is -1.82. The summed E-state index contributed by atoms with van der Waals surface area (Å²) in [6.07, 6.45) is 3.55. The van der Waals surface area contributed by atoms with E-state index >= 15 is 0 Å². The van der Waals surface area contributed by atoms with Gasteiger partial charge in [-0.3, -0.25) is 0 Å². The standard InChI is InChI=1S/C20H20/c1-12(2)17-8-13(3)18-11-19-15(10-20(17)18)9-14-6-4-5-7-16(14)19/h4-8,10-13H,9H2,1-3H3. The van der Waals surface area contributed by atoms with Crippen LogP contribution in [-0.2, 0) is 6.42 Å². The van der Waals surface area contributed by atoms with Gasteiger partial charge in [0.05, 0.1) is 0 Å². The molecule has 0 fully saturated rings. The van der Waals surface area contributed by atoms with Gasteiger partial charge < -0.3 is 0 Å². The summed E-state index contributed by atoms with van der Waals surface area (Å²) in [6.45, 7) is 6.92. The lowest BCUT2D eigenvalue weighted by molar-refractivity contribution is 0.855. The monoisotopic (exact) mass is 260 g/mol. The molecule has 1 unspecified atom stereocenters. The first-order valence-corrected chi connectivity index (χ1v) is 7.62. The smallest absolute Gasteiger partial charge is 0.000196 e. The van der Waals surface area contributed by atoms with Gasteiger partial charge in [-0.15, -0.1) is 0 Å². The van der Waals surface area contributed by atoms with Crippen LogP contribution in [0.4, 0.5) is 0 Å². The zero-order valence-corrected chi connectivity index (χ0v) is 12.4. The third-order valence-electron chi connectivity index (χ3n) is 4.82. The van der Waals surface area contributed by atoms with Crippen molar-refractivity contribution in [1.82, 2.24) is 0 Å². The lowest BCUT2D eigenvalue weighted by Crippen LogP contribution is -1.95. The zero-order valence-electron chi connectivity index (χ0n) is 12.4. The second-order valence-corrected chi connectivity index (χ2v) is 6.50. The molecule has 0 saturated carbocycles. The summed E-state index contributed by atoms with van der Waals surface area (Å²) >= 11 is 0. The number of benzene rings is 2. The molecule has 2 aliphatic rings. The molecule has 2 aromatic rings. The highest BCUT2D eigenvalue weighted by Gasteiger charge is 2.26. The highest BCUT2D eigenvalue weighted by Crippen LogP contribution is 2.45. The van der Waals surface area contributed by atoms with Crippen molar-refractivity contribution in [3.8, 4) is 11.1 Å². The van der Waals surface area contributed by atoms with Crippen LogP contribution in [0.1, 0.15) is 48.9 Å². The predicted octanol–water partition coefficient (Wildman–Crippen LogP) is 5.41. The van der Waals surface area contributed by atoms with Crippen molar-refractivity contribution in [2.45, 2.75) is 33.1 Å². The molecular formula is C20H20. The highest BCUT2D eigenvalue weighted by molar-refractivity contribution is 5.84. The van der Waals surface area contributed by atoms with Crippen molar-refractivity contribution in [2.75, 3.05) is 0 Å². The van der Waals surface area contributed by atoms with Crippen LogP contribution in [0.2, 0.25) is 0 Å². The second-order valence-electron chi connectivity index (χ2n) is 6.50. The molecular weight excluding hydrogens is 240 g/mol. The quantitative estimate of drug-likeness (QED) is 0.548. The lowest BCUT2D eigenvalue weighted by atomic mass is 9.92. The first-order valence-electron chi connectivity index (χ1n) is 7.62. The van der Waals surface area contributed by atoms with E-state index in [-0.39, 0.29) is 0 Å². The van der Waals surface area contributed by atoms with E-state index in [0.29, 0.717) is 11.8 Å². The summed E-state index contributed by atoms with van der Waals surface area (Å²) in [4.78, 5) is 0. The number of hydrogen-bond acceptors (Lipinski definition) is 0. The van der Waals surface area contributed by atoms with Crippen LogP contribution in [-0.4, -0.2) is 0 Å². The fourth-order valence-corrected chi connectivity index (χ4v) is 3.78. The van der Waals surface area contributed by atoms with Crippen LogP contribution in [0.25, 0.3) is 16.7 Å². The third-order valence-corrected chi connectivity index (χ3v) is 4.82. The molecule has 4 rings (SSSR count). The van der Waals surface area contributed by atoms with E-state index < -0.39 is 0 Å². The van der Waals surface area contributed by atoms with E-state index in [0.717, 1.165) is 6.42 Å². The zero-order chi connectivity index (χ0) is 13.9. The van der Waals surface area contributed by atoms with Crippen molar-refractivity contribution < 1.29 is 0 Å². The van der Waals surface area contributed by atoms with E-state index in [1.54, 1.807) is 0 Å². The van der Waals surface area contributed by atoms with Crippen LogP contribution in [0.5, 0.6) is 0 Å². The molecule has 0 aliphatic heterocycles. The molecule has 0 nitrogen and oxygen atoms in total. The maximum absolute atomic E-state index is 2.46. The van der Waals surface area contributed by atoms with Gasteiger partial charge in [-0.25, -0.2) is 0 Å². The average molecular weight is 260 g/mol. The van der Waals surface area contributed by atoms with Gasteiger partial charge >= 0.3 is 0 Å². The number of hydrogen-bond donors (Lipinski definition) is 0. The molecule has 0 N–H and O–H groups in total. The van der Waals surface area contributed by atoms with E-state index in [2.05, 4.69) is 63.2 Å². The second kappa shape index (κ2) is 4.09. The van der Waals surface area contributed by atoms with Gasteiger partial charge in [0.15, 0.2) is 0 Å². The van der Waals surface area contributed by atoms with Crippen LogP contribution in [0.3, 0.4) is 0 Å². The Balaban J connectivity index is 1.91. The van der Waals surface area contributed by atoms with Crippen LogP contribution in [0.15, 0.2) is 42.5 Å². The molecule has 1 atom stereocenters. The minimum atomic E-state index is 0.556. The number of allylic oxidation sites excluding steroid dienone is 2. The molecule has 0 radical (unpaired) electrons.